The second-order valence-corrected chi connectivity index (χ2v) is 2.74. The third kappa shape index (κ3) is 2.59. The first kappa shape index (κ1) is 11.3. The minimum Gasteiger partial charge on any atom is -0.491 e. The number of nitrogens with one attached hydrogen (secondary N) is 1. The molecule has 0 unspecified atom stereocenters. The molecule has 0 bridgehead atoms. The van der Waals surface area contributed by atoms with Gasteiger partial charge in [0.05, 0.1) is 19.3 Å². The largest absolute Gasteiger partial charge is 0.491 e. The normalized spacial score (nSPS) is 9.53. The lowest BCUT2D eigenvalue weighted by Crippen LogP contribution is -2.18. The summed E-state index contributed by atoms with van der Waals surface area (Å²) in [5.74, 6) is 0.648. The van der Waals surface area contributed by atoms with Crippen LogP contribution in [0.1, 0.15) is 17.3 Å². The standard InChI is InChI=1S/C10H14N2O3/c1-4-15-10-8(14-3)5-7(6-12-10)9(13)11-2/h5-6H,4H2,1-3H3,(H,11,13). The van der Waals surface area contributed by atoms with Crippen LogP contribution in [0.15, 0.2) is 12.3 Å². The molecule has 1 heterocycles. The predicted molar refractivity (Wildman–Crippen MR) is 55.3 cm³/mol. The number of carbonyl (C=O) groups is 1. The van der Waals surface area contributed by atoms with Crippen molar-refractivity contribution in [2.75, 3.05) is 20.8 Å². The van der Waals surface area contributed by atoms with Gasteiger partial charge in [0.25, 0.3) is 11.8 Å². The topological polar surface area (TPSA) is 60.5 Å². The molecule has 0 spiro atoms. The maximum Gasteiger partial charge on any atom is 0.257 e. The fourth-order valence-electron chi connectivity index (χ4n) is 1.09. The highest BCUT2D eigenvalue weighted by molar-refractivity contribution is 5.94. The van der Waals surface area contributed by atoms with Gasteiger partial charge in [-0.1, -0.05) is 0 Å². The molecule has 1 aromatic heterocycles. The molecule has 5 nitrogen and oxygen atoms in total. The van der Waals surface area contributed by atoms with Gasteiger partial charge in [0.15, 0.2) is 5.75 Å². The van der Waals surface area contributed by atoms with E-state index in [9.17, 15) is 4.79 Å². The second kappa shape index (κ2) is 5.19. The molecule has 15 heavy (non-hydrogen) atoms. The number of methoxy groups -OCH3 is 1. The highest BCUT2D eigenvalue weighted by atomic mass is 16.5. The number of pyridine rings is 1. The van der Waals surface area contributed by atoms with E-state index in [1.165, 1.54) is 13.3 Å². The first-order valence-electron chi connectivity index (χ1n) is 4.61. The van der Waals surface area contributed by atoms with E-state index in [2.05, 4.69) is 10.3 Å². The molecule has 0 atom stereocenters. The van der Waals surface area contributed by atoms with Crippen molar-refractivity contribution in [3.05, 3.63) is 17.8 Å². The third-order valence-electron chi connectivity index (χ3n) is 1.81. The quantitative estimate of drug-likeness (QED) is 0.800. The van der Waals surface area contributed by atoms with Gasteiger partial charge in [-0.05, 0) is 6.92 Å². The zero-order valence-corrected chi connectivity index (χ0v) is 9.03. The Bertz CT molecular complexity index is 353. The number of nitrogens with zero attached hydrogens (tertiary/aromatic N) is 1. The van der Waals surface area contributed by atoms with Gasteiger partial charge in [0.2, 0.25) is 0 Å². The summed E-state index contributed by atoms with van der Waals surface area (Å²) in [6, 6.07) is 1.59. The molecule has 0 radical (unpaired) electrons. The van der Waals surface area contributed by atoms with Crippen LogP contribution in [-0.2, 0) is 0 Å². The maximum absolute atomic E-state index is 11.3. The van der Waals surface area contributed by atoms with Crippen LogP contribution in [0.4, 0.5) is 0 Å². The Morgan fingerprint density at radius 1 is 1.60 bits per heavy atom. The van der Waals surface area contributed by atoms with Crippen molar-refractivity contribution < 1.29 is 14.3 Å². The number of hydrogen-bond donors (Lipinski definition) is 1. The molecule has 1 rings (SSSR count). The van der Waals surface area contributed by atoms with Gasteiger partial charge in [-0.3, -0.25) is 4.79 Å². The fraction of sp³-hybridized carbons (Fsp3) is 0.400. The average molecular weight is 210 g/mol. The van der Waals surface area contributed by atoms with Crippen LogP contribution >= 0.6 is 0 Å². The molecule has 0 aliphatic carbocycles. The lowest BCUT2D eigenvalue weighted by atomic mass is 10.2. The highest BCUT2D eigenvalue weighted by Gasteiger charge is 2.10. The number of hydrogen-bond acceptors (Lipinski definition) is 4. The van der Waals surface area contributed by atoms with Crippen LogP contribution in [-0.4, -0.2) is 31.7 Å². The summed E-state index contributed by atoms with van der Waals surface area (Å²) in [5, 5.41) is 2.51. The summed E-state index contributed by atoms with van der Waals surface area (Å²) in [5.41, 5.74) is 0.442. The van der Waals surface area contributed by atoms with Gasteiger partial charge in [0.1, 0.15) is 0 Å². The van der Waals surface area contributed by atoms with Crippen LogP contribution in [0.25, 0.3) is 0 Å². The molecule has 0 aliphatic heterocycles. The Morgan fingerprint density at radius 3 is 2.87 bits per heavy atom. The first-order chi connectivity index (χ1) is 7.22. The Hall–Kier alpha value is -1.78. The monoisotopic (exact) mass is 210 g/mol. The van der Waals surface area contributed by atoms with Crippen molar-refractivity contribution in [1.29, 1.82) is 0 Å². The number of rotatable bonds is 4. The van der Waals surface area contributed by atoms with E-state index in [0.29, 0.717) is 23.8 Å². The summed E-state index contributed by atoms with van der Waals surface area (Å²) < 4.78 is 10.3. The Morgan fingerprint density at radius 2 is 2.33 bits per heavy atom. The molecule has 0 aliphatic rings. The molecule has 5 heteroatoms. The lowest BCUT2D eigenvalue weighted by Gasteiger charge is -2.08. The van der Waals surface area contributed by atoms with Gasteiger partial charge in [-0.2, -0.15) is 0 Å². The summed E-state index contributed by atoms with van der Waals surface area (Å²) >= 11 is 0. The van der Waals surface area contributed by atoms with Crippen LogP contribution in [0.5, 0.6) is 11.6 Å². The molecule has 0 aromatic carbocycles. The van der Waals surface area contributed by atoms with Crippen molar-refractivity contribution in [3.63, 3.8) is 0 Å². The van der Waals surface area contributed by atoms with Gasteiger partial charge < -0.3 is 14.8 Å². The first-order valence-corrected chi connectivity index (χ1v) is 4.61. The van der Waals surface area contributed by atoms with Gasteiger partial charge >= 0.3 is 0 Å². The maximum atomic E-state index is 11.3. The van der Waals surface area contributed by atoms with E-state index < -0.39 is 0 Å². The SMILES string of the molecule is CCOc1ncc(C(=O)NC)cc1OC. The van der Waals surface area contributed by atoms with Crippen LogP contribution in [0, 0.1) is 0 Å². The zero-order valence-electron chi connectivity index (χ0n) is 9.03. The van der Waals surface area contributed by atoms with Gasteiger partial charge in [-0.25, -0.2) is 4.98 Å². The number of carbonyl (C=O) groups excluding carboxylic acids is 1. The highest BCUT2D eigenvalue weighted by Crippen LogP contribution is 2.24. The molecule has 0 saturated heterocycles. The Labute approximate surface area is 88.4 Å². The predicted octanol–water partition coefficient (Wildman–Crippen LogP) is 0.848. The van der Waals surface area contributed by atoms with Crippen molar-refractivity contribution in [2.24, 2.45) is 0 Å². The van der Waals surface area contributed by atoms with E-state index in [1.54, 1.807) is 13.1 Å². The Balaban J connectivity index is 3.01. The molecule has 1 N–H and O–H groups in total. The Kier molecular flexibility index (Phi) is 3.91. The third-order valence-corrected chi connectivity index (χ3v) is 1.81. The smallest absolute Gasteiger partial charge is 0.257 e. The van der Waals surface area contributed by atoms with Gasteiger partial charge in [0, 0.05) is 19.3 Å². The molecule has 82 valence electrons. The minimum atomic E-state index is -0.205. The molecular weight excluding hydrogens is 196 g/mol. The van der Waals surface area contributed by atoms with Crippen LogP contribution in [0.3, 0.4) is 0 Å². The van der Waals surface area contributed by atoms with Crippen LogP contribution in [0.2, 0.25) is 0 Å². The number of aromatic nitrogens is 1. The van der Waals surface area contributed by atoms with E-state index in [4.69, 9.17) is 9.47 Å². The minimum absolute atomic E-state index is 0.205. The van der Waals surface area contributed by atoms with E-state index >= 15 is 0 Å². The summed E-state index contributed by atoms with van der Waals surface area (Å²) in [7, 11) is 3.07. The molecular formula is C10H14N2O3. The summed E-state index contributed by atoms with van der Waals surface area (Å²) in [6.07, 6.45) is 1.45. The fourth-order valence-corrected chi connectivity index (χ4v) is 1.09. The zero-order chi connectivity index (χ0) is 11.3. The molecule has 0 saturated carbocycles. The van der Waals surface area contributed by atoms with Crippen molar-refractivity contribution >= 4 is 5.91 Å². The van der Waals surface area contributed by atoms with E-state index in [1.807, 2.05) is 6.92 Å². The lowest BCUT2D eigenvalue weighted by molar-refractivity contribution is 0.0962. The van der Waals surface area contributed by atoms with E-state index in [-0.39, 0.29) is 5.91 Å². The van der Waals surface area contributed by atoms with Gasteiger partial charge in [-0.15, -0.1) is 0 Å². The molecule has 1 amide bonds. The molecule has 0 fully saturated rings. The van der Waals surface area contributed by atoms with E-state index in [0.717, 1.165) is 0 Å². The average Bonchev–Trinajstić information content (AvgIpc) is 2.29. The number of amides is 1. The van der Waals surface area contributed by atoms with Crippen molar-refractivity contribution in [3.8, 4) is 11.6 Å². The van der Waals surface area contributed by atoms with Crippen LogP contribution < -0.4 is 14.8 Å². The molecule has 1 aromatic rings. The van der Waals surface area contributed by atoms with Crippen molar-refractivity contribution in [1.82, 2.24) is 10.3 Å². The number of ether oxygens (including phenoxy) is 2. The second-order valence-electron chi connectivity index (χ2n) is 2.74. The summed E-state index contributed by atoms with van der Waals surface area (Å²) in [6.45, 7) is 2.36. The van der Waals surface area contributed by atoms with Crippen molar-refractivity contribution in [2.45, 2.75) is 6.92 Å². The summed E-state index contributed by atoms with van der Waals surface area (Å²) in [4.78, 5) is 15.3.